The van der Waals surface area contributed by atoms with E-state index in [-0.39, 0.29) is 5.92 Å². The Morgan fingerprint density at radius 2 is 1.64 bits per heavy atom. The fourth-order valence-corrected chi connectivity index (χ4v) is 4.13. The van der Waals surface area contributed by atoms with Crippen LogP contribution in [0.2, 0.25) is 0 Å². The summed E-state index contributed by atoms with van der Waals surface area (Å²) >= 11 is 0. The molecule has 0 saturated carbocycles. The number of aromatic amines is 1. The lowest BCUT2D eigenvalue weighted by molar-refractivity contribution is 0.0939. The molecule has 180 valence electrons. The van der Waals surface area contributed by atoms with Crippen molar-refractivity contribution in [2.45, 2.75) is 32.7 Å². The van der Waals surface area contributed by atoms with Gasteiger partial charge in [-0.2, -0.15) is 0 Å². The molecule has 1 unspecified atom stereocenters. The first-order chi connectivity index (χ1) is 17.6. The van der Waals surface area contributed by atoms with Crippen molar-refractivity contribution in [3.8, 4) is 22.5 Å². The topological polar surface area (TPSA) is 111 Å². The third-order valence-electron chi connectivity index (χ3n) is 6.29. The van der Waals surface area contributed by atoms with Crippen molar-refractivity contribution >= 4 is 5.91 Å². The number of H-pyrrole nitrogens is 1. The number of nitrogens with one attached hydrogen (secondary N) is 1. The Morgan fingerprint density at radius 3 is 2.31 bits per heavy atom. The van der Waals surface area contributed by atoms with E-state index >= 15 is 0 Å². The van der Waals surface area contributed by atoms with Crippen LogP contribution in [0.3, 0.4) is 0 Å². The molecule has 0 radical (unpaired) electrons. The highest BCUT2D eigenvalue weighted by atomic mass is 16.2. The number of nitrogens with zero attached hydrogens (tertiary/aromatic N) is 6. The summed E-state index contributed by atoms with van der Waals surface area (Å²) in [6.45, 7) is 4.36. The Morgan fingerprint density at radius 1 is 0.944 bits per heavy atom. The van der Waals surface area contributed by atoms with Crippen LogP contribution in [0.25, 0.3) is 22.5 Å². The summed E-state index contributed by atoms with van der Waals surface area (Å²) in [5.74, 6) is 0.774. The lowest BCUT2D eigenvalue weighted by Crippen LogP contribution is -2.30. The highest BCUT2D eigenvalue weighted by Crippen LogP contribution is 2.30. The minimum atomic E-state index is -0.439. The van der Waals surface area contributed by atoms with Crippen molar-refractivity contribution in [1.82, 2.24) is 35.0 Å². The van der Waals surface area contributed by atoms with Crippen molar-refractivity contribution in [3.05, 3.63) is 106 Å². The molecule has 3 aromatic carbocycles. The Bertz CT molecular complexity index is 1540. The standard InChI is InChI=1S/C27H25N7O2/c1-3-18(2)25-30-34(26(35)21-9-5-4-6-10-21)27(36)33(25)17-19-13-15-20(16-14-19)22-11-7-8-12-23(22)24-28-31-32-29-24/h4-16,18H,3,17H2,1-2H3,(H,28,29,31,32). The van der Waals surface area contributed by atoms with Crippen molar-refractivity contribution in [1.29, 1.82) is 0 Å². The van der Waals surface area contributed by atoms with E-state index in [0.29, 0.717) is 23.8 Å². The number of carbonyl (C=O) groups excluding carboxylic acids is 1. The van der Waals surface area contributed by atoms with Crippen LogP contribution in [-0.4, -0.2) is 40.9 Å². The van der Waals surface area contributed by atoms with E-state index in [9.17, 15) is 9.59 Å². The quantitative estimate of drug-likeness (QED) is 0.376. The maximum atomic E-state index is 13.3. The normalized spacial score (nSPS) is 11.9. The molecule has 1 atom stereocenters. The van der Waals surface area contributed by atoms with Crippen LogP contribution in [0.1, 0.15) is 47.9 Å². The summed E-state index contributed by atoms with van der Waals surface area (Å²) in [5, 5.41) is 18.7. The second kappa shape index (κ2) is 9.91. The largest absolute Gasteiger partial charge is 0.353 e. The number of hydrogen-bond donors (Lipinski definition) is 1. The third-order valence-corrected chi connectivity index (χ3v) is 6.29. The molecule has 1 N–H and O–H groups in total. The van der Waals surface area contributed by atoms with Gasteiger partial charge in [-0.3, -0.25) is 9.36 Å². The first-order valence-corrected chi connectivity index (χ1v) is 11.8. The van der Waals surface area contributed by atoms with Crippen LogP contribution < -0.4 is 5.69 Å². The predicted octanol–water partition coefficient (Wildman–Crippen LogP) is 4.14. The van der Waals surface area contributed by atoms with Crippen molar-refractivity contribution in [3.63, 3.8) is 0 Å². The van der Waals surface area contributed by atoms with Crippen molar-refractivity contribution < 1.29 is 4.79 Å². The van der Waals surface area contributed by atoms with E-state index in [1.807, 2.05) is 68.4 Å². The molecule has 0 amide bonds. The SMILES string of the molecule is CCC(C)c1nn(C(=O)c2ccccc2)c(=O)n1Cc1ccc(-c2ccccc2-c2nnn[nH]2)cc1. The van der Waals surface area contributed by atoms with E-state index in [1.54, 1.807) is 28.8 Å². The zero-order valence-electron chi connectivity index (χ0n) is 20.0. The molecule has 0 spiro atoms. The van der Waals surface area contributed by atoms with E-state index in [0.717, 1.165) is 33.4 Å². The van der Waals surface area contributed by atoms with Crippen LogP contribution in [-0.2, 0) is 6.54 Å². The van der Waals surface area contributed by atoms with Gasteiger partial charge in [-0.1, -0.05) is 80.6 Å². The molecule has 36 heavy (non-hydrogen) atoms. The number of tetrazole rings is 1. The minimum Gasteiger partial charge on any atom is -0.274 e. The molecule has 0 aliphatic rings. The number of rotatable bonds is 7. The monoisotopic (exact) mass is 479 g/mol. The van der Waals surface area contributed by atoms with E-state index < -0.39 is 11.6 Å². The number of hydrogen-bond acceptors (Lipinski definition) is 6. The molecule has 9 nitrogen and oxygen atoms in total. The van der Waals surface area contributed by atoms with Gasteiger partial charge in [-0.25, -0.2) is 9.89 Å². The number of aromatic nitrogens is 7. The van der Waals surface area contributed by atoms with Crippen LogP contribution in [0.15, 0.2) is 83.7 Å². The Hall–Kier alpha value is -4.66. The molecule has 9 heteroatoms. The molecule has 5 rings (SSSR count). The maximum absolute atomic E-state index is 13.3. The molecular formula is C27H25N7O2. The average molecular weight is 480 g/mol. The summed E-state index contributed by atoms with van der Waals surface area (Å²) in [6, 6.07) is 24.6. The second-order valence-electron chi connectivity index (χ2n) is 8.61. The van der Waals surface area contributed by atoms with E-state index in [4.69, 9.17) is 0 Å². The summed E-state index contributed by atoms with van der Waals surface area (Å²) in [7, 11) is 0. The molecule has 2 heterocycles. The predicted molar refractivity (Wildman–Crippen MR) is 136 cm³/mol. The van der Waals surface area contributed by atoms with Gasteiger partial charge < -0.3 is 0 Å². The number of benzene rings is 3. The fourth-order valence-electron chi connectivity index (χ4n) is 4.13. The van der Waals surface area contributed by atoms with Crippen LogP contribution in [0, 0.1) is 0 Å². The summed E-state index contributed by atoms with van der Waals surface area (Å²) in [5.41, 5.74) is 3.79. The Balaban J connectivity index is 1.48. The van der Waals surface area contributed by atoms with Gasteiger partial charge in [-0.15, -0.1) is 14.9 Å². The molecule has 0 bridgehead atoms. The summed E-state index contributed by atoms with van der Waals surface area (Å²) in [6.07, 6.45) is 0.794. The highest BCUT2D eigenvalue weighted by molar-refractivity contribution is 5.95. The van der Waals surface area contributed by atoms with Gasteiger partial charge in [0.1, 0.15) is 5.82 Å². The van der Waals surface area contributed by atoms with Crippen LogP contribution in [0.5, 0.6) is 0 Å². The van der Waals surface area contributed by atoms with E-state index in [1.165, 1.54) is 0 Å². The third kappa shape index (κ3) is 4.38. The number of carbonyl (C=O) groups is 1. The first kappa shape index (κ1) is 23.1. The molecule has 0 fully saturated rings. The summed E-state index contributed by atoms with van der Waals surface area (Å²) in [4.78, 5) is 26.3. The van der Waals surface area contributed by atoms with Crippen LogP contribution in [0.4, 0.5) is 0 Å². The molecule has 0 saturated heterocycles. The second-order valence-corrected chi connectivity index (χ2v) is 8.61. The molecular weight excluding hydrogens is 454 g/mol. The lowest BCUT2D eigenvalue weighted by atomic mass is 9.98. The molecule has 5 aromatic rings. The maximum Gasteiger partial charge on any atom is 0.353 e. The van der Waals surface area contributed by atoms with Crippen LogP contribution >= 0.6 is 0 Å². The molecule has 0 aliphatic heterocycles. The zero-order valence-corrected chi connectivity index (χ0v) is 20.0. The summed E-state index contributed by atoms with van der Waals surface area (Å²) < 4.78 is 2.57. The fraction of sp³-hybridized carbons (Fsp3) is 0.185. The van der Waals surface area contributed by atoms with Gasteiger partial charge >= 0.3 is 5.69 Å². The van der Waals surface area contributed by atoms with Gasteiger partial charge in [0.2, 0.25) is 0 Å². The van der Waals surface area contributed by atoms with Gasteiger partial charge in [0, 0.05) is 17.0 Å². The van der Waals surface area contributed by atoms with Gasteiger partial charge in [0.05, 0.1) is 6.54 Å². The minimum absolute atomic E-state index is 0.0178. The first-order valence-electron chi connectivity index (χ1n) is 11.8. The Kier molecular flexibility index (Phi) is 6.36. The smallest absolute Gasteiger partial charge is 0.274 e. The van der Waals surface area contributed by atoms with Gasteiger partial charge in [0.25, 0.3) is 5.91 Å². The molecule has 0 aliphatic carbocycles. The van der Waals surface area contributed by atoms with Gasteiger partial charge in [0.15, 0.2) is 5.82 Å². The highest BCUT2D eigenvalue weighted by Gasteiger charge is 2.22. The average Bonchev–Trinajstić information content (AvgIpc) is 3.58. The van der Waals surface area contributed by atoms with Crippen molar-refractivity contribution in [2.75, 3.05) is 0 Å². The Labute approximate surface area is 207 Å². The van der Waals surface area contributed by atoms with Gasteiger partial charge in [-0.05, 0) is 45.7 Å². The lowest BCUT2D eigenvalue weighted by Gasteiger charge is -2.11. The van der Waals surface area contributed by atoms with E-state index in [2.05, 4.69) is 25.7 Å². The zero-order chi connectivity index (χ0) is 25.1. The van der Waals surface area contributed by atoms with Crippen molar-refractivity contribution in [2.24, 2.45) is 0 Å². The molecule has 2 aromatic heterocycles.